The molecule has 0 aliphatic carbocycles. The first kappa shape index (κ1) is 15.4. The van der Waals surface area contributed by atoms with Crippen LogP contribution in [0.2, 0.25) is 0 Å². The van der Waals surface area contributed by atoms with Crippen molar-refractivity contribution >= 4 is 5.91 Å². The molecule has 3 heterocycles. The zero-order valence-electron chi connectivity index (χ0n) is 14.0. The molecule has 0 fully saturated rings. The summed E-state index contributed by atoms with van der Waals surface area (Å²) in [4.78, 5) is 23.0. The minimum absolute atomic E-state index is 0.121. The van der Waals surface area contributed by atoms with Crippen molar-refractivity contribution in [2.45, 2.75) is 26.1 Å². The molecule has 3 aromatic rings. The number of ether oxygens (including phenoxy) is 1. The Hall–Kier alpha value is -3.09. The number of benzene rings is 1. The summed E-state index contributed by atoms with van der Waals surface area (Å²) in [7, 11) is 1.64. The summed E-state index contributed by atoms with van der Waals surface area (Å²) in [6.07, 6.45) is 4.55. The second kappa shape index (κ2) is 6.08. The van der Waals surface area contributed by atoms with E-state index < -0.39 is 0 Å². The number of imidazole rings is 1. The number of aryl methyl sites for hydroxylation is 1. The van der Waals surface area contributed by atoms with Crippen molar-refractivity contribution in [2.75, 3.05) is 7.11 Å². The van der Waals surface area contributed by atoms with Gasteiger partial charge in [0.05, 0.1) is 25.9 Å². The van der Waals surface area contributed by atoms with Crippen molar-refractivity contribution in [1.29, 1.82) is 0 Å². The van der Waals surface area contributed by atoms with E-state index in [4.69, 9.17) is 9.15 Å². The lowest BCUT2D eigenvalue weighted by Crippen LogP contribution is -2.41. The highest BCUT2D eigenvalue weighted by molar-refractivity contribution is 5.91. The number of oxazole rings is 1. The van der Waals surface area contributed by atoms with Gasteiger partial charge in [0.25, 0.3) is 5.91 Å². The van der Waals surface area contributed by atoms with E-state index in [2.05, 4.69) is 14.5 Å². The molecule has 0 saturated heterocycles. The molecule has 0 spiro atoms. The minimum atomic E-state index is -0.190. The molecule has 4 rings (SSSR count). The predicted octanol–water partition coefficient (Wildman–Crippen LogP) is 2.59. The maximum Gasteiger partial charge on any atom is 0.292 e. The number of fused-ring (bicyclic) bond motifs is 1. The van der Waals surface area contributed by atoms with Crippen molar-refractivity contribution in [3.63, 3.8) is 0 Å². The number of hydrogen-bond acceptors (Lipinski definition) is 5. The normalized spacial score (nSPS) is 16.6. The van der Waals surface area contributed by atoms with E-state index >= 15 is 0 Å². The number of carbonyl (C=O) groups is 1. The van der Waals surface area contributed by atoms with Crippen LogP contribution >= 0.6 is 0 Å². The maximum atomic E-state index is 12.9. The van der Waals surface area contributed by atoms with Crippen LogP contribution in [0, 0.1) is 6.92 Å². The van der Waals surface area contributed by atoms with E-state index in [1.807, 2.05) is 37.4 Å². The molecule has 7 heteroatoms. The number of nitrogens with zero attached hydrogens (tertiary/aromatic N) is 4. The summed E-state index contributed by atoms with van der Waals surface area (Å²) in [5, 5.41) is 0. The van der Waals surface area contributed by atoms with Gasteiger partial charge in [-0.05, 0) is 24.6 Å². The predicted molar refractivity (Wildman–Crippen MR) is 89.1 cm³/mol. The Labute approximate surface area is 144 Å². The van der Waals surface area contributed by atoms with Gasteiger partial charge < -0.3 is 18.6 Å². The second-order valence-corrected chi connectivity index (χ2v) is 6.01. The van der Waals surface area contributed by atoms with Gasteiger partial charge in [0, 0.05) is 18.4 Å². The fraction of sp³-hybridized carbons (Fsp3) is 0.278. The van der Waals surface area contributed by atoms with E-state index in [1.165, 1.54) is 12.6 Å². The third kappa shape index (κ3) is 2.67. The Morgan fingerprint density at radius 1 is 1.28 bits per heavy atom. The van der Waals surface area contributed by atoms with Gasteiger partial charge in [0.2, 0.25) is 5.76 Å². The van der Waals surface area contributed by atoms with Crippen LogP contribution in [0.4, 0.5) is 0 Å². The third-order valence-electron chi connectivity index (χ3n) is 4.59. The largest absolute Gasteiger partial charge is 0.497 e. The fourth-order valence-corrected chi connectivity index (χ4v) is 3.21. The van der Waals surface area contributed by atoms with Crippen molar-refractivity contribution in [3.8, 4) is 5.75 Å². The van der Waals surface area contributed by atoms with Crippen LogP contribution < -0.4 is 4.74 Å². The molecule has 1 aliphatic heterocycles. The molecule has 1 aromatic carbocycles. The highest BCUT2D eigenvalue weighted by atomic mass is 16.5. The van der Waals surface area contributed by atoms with Crippen molar-refractivity contribution in [2.24, 2.45) is 0 Å². The maximum absolute atomic E-state index is 12.9. The summed E-state index contributed by atoms with van der Waals surface area (Å²) < 4.78 is 12.6. The van der Waals surface area contributed by atoms with Gasteiger partial charge in [0.1, 0.15) is 11.6 Å². The quantitative estimate of drug-likeness (QED) is 0.734. The second-order valence-electron chi connectivity index (χ2n) is 6.01. The van der Waals surface area contributed by atoms with Crippen LogP contribution in [0.3, 0.4) is 0 Å². The molecule has 1 atom stereocenters. The standard InChI is InChI=1S/C18H18N4O3/c1-12-7-20-17-10-22(18(23)16-8-19-11-25-16)15(9-21(12)17)13-3-5-14(24-2)6-4-13/h3-8,11,15H,9-10H2,1-2H3/t15-/m0/s1. The zero-order chi connectivity index (χ0) is 17.4. The topological polar surface area (TPSA) is 73.4 Å². The van der Waals surface area contributed by atoms with Gasteiger partial charge >= 0.3 is 0 Å². The van der Waals surface area contributed by atoms with Gasteiger partial charge in [-0.2, -0.15) is 0 Å². The van der Waals surface area contributed by atoms with Crippen LogP contribution in [0.25, 0.3) is 0 Å². The molecule has 25 heavy (non-hydrogen) atoms. The molecule has 0 unspecified atom stereocenters. The lowest BCUT2D eigenvalue weighted by molar-refractivity contribution is 0.0550. The highest BCUT2D eigenvalue weighted by Crippen LogP contribution is 2.32. The first-order valence-electron chi connectivity index (χ1n) is 8.02. The number of hydrogen-bond donors (Lipinski definition) is 0. The Morgan fingerprint density at radius 2 is 2.08 bits per heavy atom. The lowest BCUT2D eigenvalue weighted by Gasteiger charge is -2.36. The monoisotopic (exact) mass is 338 g/mol. The smallest absolute Gasteiger partial charge is 0.292 e. The van der Waals surface area contributed by atoms with E-state index in [-0.39, 0.29) is 17.7 Å². The average Bonchev–Trinajstić information content (AvgIpc) is 3.31. The molecule has 0 bridgehead atoms. The summed E-state index contributed by atoms with van der Waals surface area (Å²) >= 11 is 0. The number of rotatable bonds is 3. The Kier molecular flexibility index (Phi) is 3.76. The molecular formula is C18H18N4O3. The number of aromatic nitrogens is 3. The number of amides is 1. The van der Waals surface area contributed by atoms with E-state index in [0.29, 0.717) is 13.1 Å². The van der Waals surface area contributed by atoms with Crippen LogP contribution in [-0.2, 0) is 13.1 Å². The van der Waals surface area contributed by atoms with Gasteiger partial charge in [-0.15, -0.1) is 0 Å². The summed E-state index contributed by atoms with van der Waals surface area (Å²) in [6, 6.07) is 7.66. The molecule has 1 aliphatic rings. The molecule has 0 saturated carbocycles. The van der Waals surface area contributed by atoms with Gasteiger partial charge in [-0.25, -0.2) is 9.97 Å². The van der Waals surface area contributed by atoms with Gasteiger partial charge in [0.15, 0.2) is 6.39 Å². The van der Waals surface area contributed by atoms with Crippen LogP contribution in [0.15, 0.2) is 47.5 Å². The molecular weight excluding hydrogens is 320 g/mol. The SMILES string of the molecule is COc1ccc([C@@H]2Cn3c(C)cnc3CN2C(=O)c2cnco2)cc1. The Morgan fingerprint density at radius 3 is 2.76 bits per heavy atom. The fourth-order valence-electron chi connectivity index (χ4n) is 3.21. The van der Waals surface area contributed by atoms with E-state index in [1.54, 1.807) is 12.0 Å². The van der Waals surface area contributed by atoms with Crippen LogP contribution in [0.1, 0.15) is 33.7 Å². The molecule has 7 nitrogen and oxygen atoms in total. The zero-order valence-corrected chi connectivity index (χ0v) is 14.0. The first-order chi connectivity index (χ1) is 12.2. The lowest BCUT2D eigenvalue weighted by atomic mass is 10.0. The third-order valence-corrected chi connectivity index (χ3v) is 4.59. The molecule has 0 radical (unpaired) electrons. The van der Waals surface area contributed by atoms with Crippen molar-refractivity contribution in [3.05, 3.63) is 65.9 Å². The highest BCUT2D eigenvalue weighted by Gasteiger charge is 2.34. The van der Waals surface area contributed by atoms with E-state index in [9.17, 15) is 4.79 Å². The minimum Gasteiger partial charge on any atom is -0.497 e. The van der Waals surface area contributed by atoms with Crippen molar-refractivity contribution < 1.29 is 13.9 Å². The van der Waals surface area contributed by atoms with Crippen molar-refractivity contribution in [1.82, 2.24) is 19.4 Å². The number of carbonyl (C=O) groups excluding carboxylic acids is 1. The van der Waals surface area contributed by atoms with Gasteiger partial charge in [-0.1, -0.05) is 12.1 Å². The molecule has 0 N–H and O–H groups in total. The van der Waals surface area contributed by atoms with Crippen LogP contribution in [-0.4, -0.2) is 32.5 Å². The van der Waals surface area contributed by atoms with E-state index in [0.717, 1.165) is 22.8 Å². The first-order valence-corrected chi connectivity index (χ1v) is 8.02. The van der Waals surface area contributed by atoms with Crippen LogP contribution in [0.5, 0.6) is 5.75 Å². The van der Waals surface area contributed by atoms with Gasteiger partial charge in [-0.3, -0.25) is 4.79 Å². The molecule has 2 aromatic heterocycles. The summed E-state index contributed by atoms with van der Waals surface area (Å²) in [5.74, 6) is 1.70. The molecule has 128 valence electrons. The number of methoxy groups -OCH3 is 1. The summed E-state index contributed by atoms with van der Waals surface area (Å²) in [5.41, 5.74) is 2.12. The summed E-state index contributed by atoms with van der Waals surface area (Å²) in [6.45, 7) is 3.09. The average molecular weight is 338 g/mol. The Bertz CT molecular complexity index is 884. The molecule has 1 amide bonds. The Balaban J connectivity index is 1.74.